The van der Waals surface area contributed by atoms with Gasteiger partial charge in [-0.15, -0.1) is 0 Å². The first-order chi connectivity index (χ1) is 9.60. The lowest BCUT2D eigenvalue weighted by molar-refractivity contribution is 0.550. The Morgan fingerprint density at radius 2 is 2.15 bits per heavy atom. The molecule has 0 saturated heterocycles. The van der Waals surface area contributed by atoms with Crippen molar-refractivity contribution >= 4 is 17.6 Å². The molecule has 20 heavy (non-hydrogen) atoms. The van der Waals surface area contributed by atoms with Gasteiger partial charge in [-0.05, 0) is 31.2 Å². The topological polar surface area (TPSA) is 28.2 Å². The van der Waals surface area contributed by atoms with Crippen LogP contribution in [-0.2, 0) is 6.54 Å². The first-order valence-corrected chi connectivity index (χ1v) is 8.85. The molecule has 114 valence electrons. The van der Waals surface area contributed by atoms with E-state index in [0.29, 0.717) is 12.0 Å². The minimum absolute atomic E-state index is 0.545. The van der Waals surface area contributed by atoms with Crippen LogP contribution >= 0.6 is 11.8 Å². The highest BCUT2D eigenvalue weighted by Gasteiger charge is 2.16. The van der Waals surface area contributed by atoms with Gasteiger partial charge in [0.25, 0.3) is 0 Å². The number of nitrogens with one attached hydrogen (secondary N) is 1. The highest BCUT2D eigenvalue weighted by Crippen LogP contribution is 2.20. The van der Waals surface area contributed by atoms with E-state index in [1.165, 1.54) is 5.56 Å². The zero-order valence-corrected chi connectivity index (χ0v) is 14.3. The highest BCUT2D eigenvalue weighted by molar-refractivity contribution is 7.98. The summed E-state index contributed by atoms with van der Waals surface area (Å²) in [5, 5.41) is 3.51. The zero-order valence-electron chi connectivity index (χ0n) is 13.5. The van der Waals surface area contributed by atoms with Crippen LogP contribution in [-0.4, -0.2) is 36.6 Å². The van der Waals surface area contributed by atoms with E-state index in [1.54, 1.807) is 0 Å². The summed E-state index contributed by atoms with van der Waals surface area (Å²) in [6, 6.07) is 4.75. The summed E-state index contributed by atoms with van der Waals surface area (Å²) in [7, 11) is 2.17. The summed E-state index contributed by atoms with van der Waals surface area (Å²) in [6.45, 7) is 8.64. The van der Waals surface area contributed by atoms with E-state index >= 15 is 0 Å². The number of aromatic nitrogens is 1. The molecule has 0 fully saturated rings. The molecule has 0 spiro atoms. The van der Waals surface area contributed by atoms with Crippen LogP contribution < -0.4 is 10.2 Å². The molecular weight excluding hydrogens is 266 g/mol. The second kappa shape index (κ2) is 9.24. The lowest BCUT2D eigenvalue weighted by Crippen LogP contribution is -2.35. The molecule has 0 aliphatic heterocycles. The van der Waals surface area contributed by atoms with Crippen molar-refractivity contribution in [2.75, 3.05) is 30.5 Å². The van der Waals surface area contributed by atoms with Crippen LogP contribution in [0.1, 0.15) is 32.8 Å². The molecule has 3 nitrogen and oxygen atoms in total. The maximum atomic E-state index is 4.60. The molecule has 0 bridgehead atoms. The molecule has 0 saturated carbocycles. The normalized spacial score (nSPS) is 12.7. The summed E-state index contributed by atoms with van der Waals surface area (Å²) < 4.78 is 0. The Morgan fingerprint density at radius 3 is 2.75 bits per heavy atom. The predicted octanol–water partition coefficient (Wildman–Crippen LogP) is 3.41. The summed E-state index contributed by atoms with van der Waals surface area (Å²) >= 11 is 1.90. The third-order valence-electron chi connectivity index (χ3n) is 3.45. The number of hydrogen-bond donors (Lipinski definition) is 1. The van der Waals surface area contributed by atoms with E-state index in [2.05, 4.69) is 55.3 Å². The summed E-state index contributed by atoms with van der Waals surface area (Å²) in [5.74, 6) is 2.93. The largest absolute Gasteiger partial charge is 0.356 e. The van der Waals surface area contributed by atoms with Gasteiger partial charge in [0.1, 0.15) is 5.82 Å². The van der Waals surface area contributed by atoms with Crippen molar-refractivity contribution in [3.05, 3.63) is 23.9 Å². The Balaban J connectivity index is 2.77. The van der Waals surface area contributed by atoms with E-state index in [-0.39, 0.29) is 0 Å². The fraction of sp³-hybridized carbons (Fsp3) is 0.688. The SMILES string of the molecule is CCC(CSC)N(C)c1ncccc1CNCC(C)C. The maximum Gasteiger partial charge on any atom is 0.133 e. The monoisotopic (exact) mass is 295 g/mol. The van der Waals surface area contributed by atoms with Crippen LogP contribution in [0.3, 0.4) is 0 Å². The number of thioether (sulfide) groups is 1. The summed E-state index contributed by atoms with van der Waals surface area (Å²) in [4.78, 5) is 6.94. The molecular formula is C16H29N3S. The molecule has 1 aromatic heterocycles. The summed E-state index contributed by atoms with van der Waals surface area (Å²) in [5.41, 5.74) is 1.29. The van der Waals surface area contributed by atoms with Crippen LogP contribution in [0.2, 0.25) is 0 Å². The second-order valence-corrected chi connectivity index (χ2v) is 6.55. The minimum Gasteiger partial charge on any atom is -0.356 e. The Kier molecular flexibility index (Phi) is 8.00. The Morgan fingerprint density at radius 1 is 1.40 bits per heavy atom. The second-order valence-electron chi connectivity index (χ2n) is 5.64. The fourth-order valence-corrected chi connectivity index (χ4v) is 3.09. The Hall–Kier alpha value is -0.740. The van der Waals surface area contributed by atoms with Gasteiger partial charge in [0.2, 0.25) is 0 Å². The quantitative estimate of drug-likeness (QED) is 0.756. The third-order valence-corrected chi connectivity index (χ3v) is 4.17. The minimum atomic E-state index is 0.545. The number of rotatable bonds is 9. The molecule has 1 rings (SSSR count). The van der Waals surface area contributed by atoms with Crippen molar-refractivity contribution in [1.82, 2.24) is 10.3 Å². The van der Waals surface area contributed by atoms with E-state index in [4.69, 9.17) is 0 Å². The van der Waals surface area contributed by atoms with Gasteiger partial charge in [-0.3, -0.25) is 0 Å². The van der Waals surface area contributed by atoms with E-state index in [1.807, 2.05) is 24.0 Å². The maximum absolute atomic E-state index is 4.60. The molecule has 0 aliphatic carbocycles. The van der Waals surface area contributed by atoms with Crippen LogP contribution in [0.4, 0.5) is 5.82 Å². The van der Waals surface area contributed by atoms with Gasteiger partial charge in [-0.1, -0.05) is 26.8 Å². The van der Waals surface area contributed by atoms with Gasteiger partial charge in [0.05, 0.1) is 0 Å². The number of hydrogen-bond acceptors (Lipinski definition) is 4. The summed E-state index contributed by atoms with van der Waals surface area (Å²) in [6.07, 6.45) is 5.20. The van der Waals surface area contributed by atoms with Crippen molar-refractivity contribution in [3.63, 3.8) is 0 Å². The Bertz CT molecular complexity index is 382. The molecule has 1 N–H and O–H groups in total. The molecule has 0 aliphatic rings. The predicted molar refractivity (Wildman–Crippen MR) is 91.6 cm³/mol. The van der Waals surface area contributed by atoms with Crippen LogP contribution in [0.15, 0.2) is 18.3 Å². The molecule has 0 radical (unpaired) electrons. The molecule has 1 heterocycles. The van der Waals surface area contributed by atoms with E-state index in [0.717, 1.165) is 31.1 Å². The van der Waals surface area contributed by atoms with E-state index in [9.17, 15) is 0 Å². The van der Waals surface area contributed by atoms with Gasteiger partial charge in [0, 0.05) is 37.1 Å². The Labute approximate surface area is 128 Å². The van der Waals surface area contributed by atoms with Gasteiger partial charge in [-0.25, -0.2) is 4.98 Å². The van der Waals surface area contributed by atoms with Crippen molar-refractivity contribution in [2.24, 2.45) is 5.92 Å². The van der Waals surface area contributed by atoms with Gasteiger partial charge in [-0.2, -0.15) is 11.8 Å². The van der Waals surface area contributed by atoms with Crippen LogP contribution in [0, 0.1) is 5.92 Å². The zero-order chi connectivity index (χ0) is 15.0. The molecule has 0 amide bonds. The highest BCUT2D eigenvalue weighted by atomic mass is 32.2. The lowest BCUT2D eigenvalue weighted by Gasteiger charge is -2.29. The van der Waals surface area contributed by atoms with Crippen molar-refractivity contribution < 1.29 is 0 Å². The van der Waals surface area contributed by atoms with Crippen LogP contribution in [0.25, 0.3) is 0 Å². The average Bonchev–Trinajstić information content (AvgIpc) is 2.44. The van der Waals surface area contributed by atoms with Crippen LogP contribution in [0.5, 0.6) is 0 Å². The first kappa shape index (κ1) is 17.3. The molecule has 0 aromatic carbocycles. The first-order valence-electron chi connectivity index (χ1n) is 7.46. The average molecular weight is 295 g/mol. The van der Waals surface area contributed by atoms with Crippen molar-refractivity contribution in [1.29, 1.82) is 0 Å². The van der Waals surface area contributed by atoms with E-state index < -0.39 is 0 Å². The van der Waals surface area contributed by atoms with Gasteiger partial charge < -0.3 is 10.2 Å². The lowest BCUT2D eigenvalue weighted by atomic mass is 10.1. The number of pyridine rings is 1. The molecule has 4 heteroatoms. The van der Waals surface area contributed by atoms with Gasteiger partial charge in [0.15, 0.2) is 0 Å². The fourth-order valence-electron chi connectivity index (χ4n) is 2.25. The van der Waals surface area contributed by atoms with Crippen molar-refractivity contribution in [3.8, 4) is 0 Å². The van der Waals surface area contributed by atoms with Gasteiger partial charge >= 0.3 is 0 Å². The molecule has 1 atom stereocenters. The van der Waals surface area contributed by atoms with Crippen molar-refractivity contribution in [2.45, 2.75) is 39.8 Å². The number of anilines is 1. The standard InChI is InChI=1S/C16H29N3S/c1-6-15(12-20-5)19(4)16-14(8-7-9-18-16)11-17-10-13(2)3/h7-9,13,15,17H,6,10-12H2,1-5H3. The smallest absolute Gasteiger partial charge is 0.133 e. The molecule has 1 unspecified atom stereocenters. The molecule has 1 aromatic rings. The third kappa shape index (κ3) is 5.33. The number of nitrogens with zero attached hydrogens (tertiary/aromatic N) is 2.